The molecule has 2 rings (SSSR count). The number of benzene rings is 1. The summed E-state index contributed by atoms with van der Waals surface area (Å²) in [6, 6.07) is 11.3. The van der Waals surface area contributed by atoms with Gasteiger partial charge in [0.15, 0.2) is 6.61 Å². The molecule has 3 heteroatoms. The van der Waals surface area contributed by atoms with E-state index in [1.807, 2.05) is 48.7 Å². The first kappa shape index (κ1) is 10.9. The highest BCUT2D eigenvalue weighted by atomic mass is 32.1. The predicted octanol–water partition coefficient (Wildman–Crippen LogP) is 3.32. The van der Waals surface area contributed by atoms with Crippen LogP contribution in [0, 0.1) is 6.92 Å². The number of ether oxygens (including phenoxy) is 1. The highest BCUT2D eigenvalue weighted by Crippen LogP contribution is 2.17. The van der Waals surface area contributed by atoms with Gasteiger partial charge in [-0.3, -0.25) is 4.79 Å². The maximum absolute atomic E-state index is 11.8. The molecule has 0 fully saturated rings. The van der Waals surface area contributed by atoms with Crippen molar-refractivity contribution in [2.45, 2.75) is 6.92 Å². The monoisotopic (exact) mass is 232 g/mol. The first-order valence-electron chi connectivity index (χ1n) is 5.02. The van der Waals surface area contributed by atoms with Gasteiger partial charge in [0.25, 0.3) is 0 Å². The van der Waals surface area contributed by atoms with Crippen LogP contribution in [0.1, 0.15) is 15.2 Å². The fourth-order valence-electron chi connectivity index (χ4n) is 1.39. The second-order valence-corrected chi connectivity index (χ2v) is 4.37. The number of rotatable bonds is 4. The molecule has 2 nitrogen and oxygen atoms in total. The quantitative estimate of drug-likeness (QED) is 0.756. The Kier molecular flexibility index (Phi) is 3.37. The summed E-state index contributed by atoms with van der Waals surface area (Å²) in [7, 11) is 0. The minimum absolute atomic E-state index is 0.0383. The van der Waals surface area contributed by atoms with Crippen molar-refractivity contribution >= 4 is 17.1 Å². The van der Waals surface area contributed by atoms with Crippen molar-refractivity contribution in [1.29, 1.82) is 0 Å². The molecule has 0 amide bonds. The van der Waals surface area contributed by atoms with Gasteiger partial charge in [-0.15, -0.1) is 11.3 Å². The molecule has 0 aliphatic rings. The van der Waals surface area contributed by atoms with Gasteiger partial charge in [0, 0.05) is 0 Å². The zero-order valence-corrected chi connectivity index (χ0v) is 9.79. The predicted molar refractivity (Wildman–Crippen MR) is 65.3 cm³/mol. The molecule has 2 aromatic rings. The van der Waals surface area contributed by atoms with Crippen LogP contribution < -0.4 is 4.74 Å². The van der Waals surface area contributed by atoms with Gasteiger partial charge in [0.05, 0.1) is 4.88 Å². The van der Waals surface area contributed by atoms with E-state index in [2.05, 4.69) is 0 Å². The van der Waals surface area contributed by atoms with Crippen LogP contribution in [0.5, 0.6) is 5.75 Å². The van der Waals surface area contributed by atoms with Gasteiger partial charge in [-0.2, -0.15) is 0 Å². The average Bonchev–Trinajstić information content (AvgIpc) is 2.74. The molecule has 1 heterocycles. The van der Waals surface area contributed by atoms with Crippen molar-refractivity contribution in [2.24, 2.45) is 0 Å². The van der Waals surface area contributed by atoms with Gasteiger partial charge in [-0.25, -0.2) is 0 Å². The number of aryl methyl sites for hydroxylation is 1. The van der Waals surface area contributed by atoms with Crippen LogP contribution in [-0.2, 0) is 0 Å². The van der Waals surface area contributed by atoms with Crippen LogP contribution in [0.4, 0.5) is 0 Å². The molecular weight excluding hydrogens is 220 g/mol. The summed E-state index contributed by atoms with van der Waals surface area (Å²) in [5.41, 5.74) is 1.02. The molecule has 0 unspecified atom stereocenters. The Bertz CT molecular complexity index is 474. The first-order chi connectivity index (χ1) is 7.77. The summed E-state index contributed by atoms with van der Waals surface area (Å²) in [5.74, 6) is 0.765. The number of ketones is 1. The fraction of sp³-hybridized carbons (Fsp3) is 0.154. The van der Waals surface area contributed by atoms with E-state index < -0.39 is 0 Å². The van der Waals surface area contributed by atoms with E-state index in [9.17, 15) is 4.79 Å². The van der Waals surface area contributed by atoms with Crippen LogP contribution >= 0.6 is 11.3 Å². The van der Waals surface area contributed by atoms with Crippen LogP contribution in [0.3, 0.4) is 0 Å². The third-order valence-corrected chi connectivity index (χ3v) is 3.29. The van der Waals surface area contributed by atoms with Gasteiger partial charge < -0.3 is 4.74 Å². The molecule has 0 atom stereocenters. The fourth-order valence-corrected chi connectivity index (χ4v) is 2.24. The van der Waals surface area contributed by atoms with Gasteiger partial charge in [0.2, 0.25) is 5.78 Å². The van der Waals surface area contributed by atoms with E-state index in [4.69, 9.17) is 4.74 Å². The second kappa shape index (κ2) is 4.94. The van der Waals surface area contributed by atoms with Gasteiger partial charge in [-0.05, 0) is 36.1 Å². The van der Waals surface area contributed by atoms with E-state index in [0.717, 1.165) is 16.2 Å². The Labute approximate surface area is 98.5 Å². The van der Waals surface area contributed by atoms with Crippen molar-refractivity contribution in [3.8, 4) is 5.75 Å². The van der Waals surface area contributed by atoms with Crippen molar-refractivity contribution < 1.29 is 9.53 Å². The third kappa shape index (κ3) is 2.49. The number of hydrogen-bond donors (Lipinski definition) is 0. The largest absolute Gasteiger partial charge is 0.485 e. The number of carbonyl (C=O) groups is 1. The van der Waals surface area contributed by atoms with Crippen LogP contribution in [0.15, 0.2) is 41.8 Å². The van der Waals surface area contributed by atoms with Crippen molar-refractivity contribution in [1.82, 2.24) is 0 Å². The Morgan fingerprint density at radius 1 is 1.25 bits per heavy atom. The molecule has 0 saturated carbocycles. The zero-order valence-electron chi connectivity index (χ0n) is 8.97. The summed E-state index contributed by atoms with van der Waals surface area (Å²) in [6.45, 7) is 2.04. The number of para-hydroxylation sites is 1. The Hall–Kier alpha value is -1.61. The standard InChI is InChI=1S/C13H12O2S/c1-10-7-8-16-13(10)12(14)9-15-11-5-3-2-4-6-11/h2-8H,9H2,1H3. The van der Waals surface area contributed by atoms with Gasteiger partial charge >= 0.3 is 0 Å². The smallest absolute Gasteiger partial charge is 0.210 e. The van der Waals surface area contributed by atoms with Gasteiger partial charge in [0.1, 0.15) is 5.75 Å². The third-order valence-electron chi connectivity index (χ3n) is 2.23. The van der Waals surface area contributed by atoms with E-state index in [1.165, 1.54) is 11.3 Å². The molecular formula is C13H12O2S. The molecule has 0 spiro atoms. The van der Waals surface area contributed by atoms with Crippen LogP contribution in [0.2, 0.25) is 0 Å². The lowest BCUT2D eigenvalue weighted by molar-refractivity contribution is 0.0925. The minimum Gasteiger partial charge on any atom is -0.485 e. The van der Waals surface area contributed by atoms with E-state index in [1.54, 1.807) is 0 Å². The molecule has 0 N–H and O–H groups in total. The van der Waals surface area contributed by atoms with Crippen molar-refractivity contribution in [2.75, 3.05) is 6.61 Å². The summed E-state index contributed by atoms with van der Waals surface area (Å²) >= 11 is 1.46. The van der Waals surface area contributed by atoms with E-state index >= 15 is 0 Å². The lowest BCUT2D eigenvalue weighted by Gasteiger charge is -2.04. The highest BCUT2D eigenvalue weighted by molar-refractivity contribution is 7.12. The number of Topliss-reactive ketones (excluding diaryl/α,β-unsaturated/α-hetero) is 1. The highest BCUT2D eigenvalue weighted by Gasteiger charge is 2.10. The lowest BCUT2D eigenvalue weighted by Crippen LogP contribution is -2.10. The maximum atomic E-state index is 11.8. The van der Waals surface area contributed by atoms with Crippen LogP contribution in [-0.4, -0.2) is 12.4 Å². The Balaban J connectivity index is 1.97. The zero-order chi connectivity index (χ0) is 11.4. The normalized spacial score (nSPS) is 10.1. The average molecular weight is 232 g/mol. The number of thiophene rings is 1. The van der Waals surface area contributed by atoms with E-state index in [0.29, 0.717) is 0 Å². The first-order valence-corrected chi connectivity index (χ1v) is 5.90. The topological polar surface area (TPSA) is 26.3 Å². The molecule has 0 bridgehead atoms. The lowest BCUT2D eigenvalue weighted by atomic mass is 10.2. The molecule has 0 aliphatic carbocycles. The molecule has 0 saturated heterocycles. The number of hydrogen-bond acceptors (Lipinski definition) is 3. The summed E-state index contributed by atoms with van der Waals surface area (Å²) in [6.07, 6.45) is 0. The Morgan fingerprint density at radius 2 is 2.00 bits per heavy atom. The maximum Gasteiger partial charge on any atom is 0.210 e. The summed E-state index contributed by atoms with van der Waals surface area (Å²) in [5, 5.41) is 1.92. The number of carbonyl (C=O) groups excluding carboxylic acids is 1. The van der Waals surface area contributed by atoms with E-state index in [-0.39, 0.29) is 12.4 Å². The molecule has 1 aromatic heterocycles. The van der Waals surface area contributed by atoms with Gasteiger partial charge in [-0.1, -0.05) is 18.2 Å². The molecule has 1 aromatic carbocycles. The minimum atomic E-state index is 0.0383. The molecule has 16 heavy (non-hydrogen) atoms. The molecule has 82 valence electrons. The van der Waals surface area contributed by atoms with Crippen LogP contribution in [0.25, 0.3) is 0 Å². The van der Waals surface area contributed by atoms with Crippen molar-refractivity contribution in [3.63, 3.8) is 0 Å². The van der Waals surface area contributed by atoms with Crippen molar-refractivity contribution in [3.05, 3.63) is 52.2 Å². The molecule has 0 radical (unpaired) electrons. The second-order valence-electron chi connectivity index (χ2n) is 3.46. The Morgan fingerprint density at radius 3 is 2.62 bits per heavy atom. The summed E-state index contributed by atoms with van der Waals surface area (Å²) < 4.78 is 5.40. The summed E-state index contributed by atoms with van der Waals surface area (Å²) in [4.78, 5) is 12.6. The SMILES string of the molecule is Cc1ccsc1C(=O)COc1ccccc1. The molecule has 0 aliphatic heterocycles.